The van der Waals surface area contributed by atoms with Gasteiger partial charge in [0.15, 0.2) is 0 Å². The fraction of sp³-hybridized carbons (Fsp3) is 0.571. The minimum atomic E-state index is 0.475. The molecule has 0 atom stereocenters. The number of rotatable bonds is 3. The molecule has 1 N–H and O–H groups in total. The van der Waals surface area contributed by atoms with Crippen molar-refractivity contribution in [1.29, 1.82) is 0 Å². The molecule has 0 aromatic heterocycles. The molecule has 0 spiro atoms. The van der Waals surface area contributed by atoms with Crippen molar-refractivity contribution in [2.24, 2.45) is 0 Å². The average molecular weight is 205 g/mol. The van der Waals surface area contributed by atoms with Crippen LogP contribution in [0.3, 0.4) is 0 Å². The molecule has 0 aliphatic heterocycles. The zero-order chi connectivity index (χ0) is 11.3. The Kier molecular flexibility index (Phi) is 4.34. The molecule has 1 aliphatic carbocycles. The van der Waals surface area contributed by atoms with Gasteiger partial charge < -0.3 is 5.32 Å². The predicted octanol–water partition coefficient (Wildman–Crippen LogP) is 3.27. The summed E-state index contributed by atoms with van der Waals surface area (Å²) < 4.78 is 0. The lowest BCUT2D eigenvalue weighted by Gasteiger charge is -2.14. The standard InChI is InChI=1S/C12H17N.C2H6/c1-10-3-5-11(6-4-10)12(7-8-12)9-13-2;1-2/h3-6,13H,7-9H2,1-2H3;1-2H3. The van der Waals surface area contributed by atoms with Crippen LogP contribution in [0.25, 0.3) is 0 Å². The highest BCUT2D eigenvalue weighted by molar-refractivity contribution is 5.33. The Labute approximate surface area is 93.9 Å². The van der Waals surface area contributed by atoms with Crippen LogP contribution in [0.1, 0.15) is 37.8 Å². The smallest absolute Gasteiger partial charge is 0.00783 e. The summed E-state index contributed by atoms with van der Waals surface area (Å²) in [5.74, 6) is 0. The average Bonchev–Trinajstić information content (AvgIpc) is 3.03. The van der Waals surface area contributed by atoms with Crippen molar-refractivity contribution in [3.05, 3.63) is 35.4 Å². The number of likely N-dealkylation sites (N-methyl/N-ethyl adjacent to an activating group) is 1. The Balaban J connectivity index is 0.000000531. The van der Waals surface area contributed by atoms with Crippen molar-refractivity contribution in [2.45, 2.75) is 39.0 Å². The molecule has 0 unspecified atom stereocenters. The molecule has 1 saturated carbocycles. The Morgan fingerprint density at radius 2 is 1.67 bits per heavy atom. The summed E-state index contributed by atoms with van der Waals surface area (Å²) in [5, 5.41) is 3.28. The SMILES string of the molecule is CC.CNCC1(c2ccc(C)cc2)CC1. The Bertz CT molecular complexity index is 283. The van der Waals surface area contributed by atoms with E-state index in [1.165, 1.54) is 24.0 Å². The van der Waals surface area contributed by atoms with Gasteiger partial charge in [0.25, 0.3) is 0 Å². The van der Waals surface area contributed by atoms with Crippen molar-refractivity contribution < 1.29 is 0 Å². The van der Waals surface area contributed by atoms with Crippen molar-refractivity contribution in [3.8, 4) is 0 Å². The molecule has 2 rings (SSSR count). The third-order valence-corrected chi connectivity index (χ3v) is 3.03. The number of aryl methyl sites for hydroxylation is 1. The zero-order valence-electron chi connectivity index (χ0n) is 10.4. The van der Waals surface area contributed by atoms with E-state index >= 15 is 0 Å². The number of benzene rings is 1. The maximum absolute atomic E-state index is 3.28. The fourth-order valence-electron chi connectivity index (χ4n) is 1.96. The van der Waals surface area contributed by atoms with E-state index < -0.39 is 0 Å². The molecule has 0 saturated heterocycles. The van der Waals surface area contributed by atoms with Crippen LogP contribution in [-0.2, 0) is 5.41 Å². The molecular formula is C14H23N. The van der Waals surface area contributed by atoms with E-state index in [4.69, 9.17) is 0 Å². The van der Waals surface area contributed by atoms with Gasteiger partial charge in [-0.3, -0.25) is 0 Å². The molecule has 0 radical (unpaired) electrons. The van der Waals surface area contributed by atoms with Crippen LogP contribution >= 0.6 is 0 Å². The van der Waals surface area contributed by atoms with Gasteiger partial charge in [0, 0.05) is 12.0 Å². The molecule has 1 nitrogen and oxygen atoms in total. The van der Waals surface area contributed by atoms with Crippen molar-refractivity contribution in [2.75, 3.05) is 13.6 Å². The molecule has 15 heavy (non-hydrogen) atoms. The van der Waals surface area contributed by atoms with Gasteiger partial charge in [0.05, 0.1) is 0 Å². The van der Waals surface area contributed by atoms with Crippen LogP contribution in [0.2, 0.25) is 0 Å². The van der Waals surface area contributed by atoms with Gasteiger partial charge in [-0.15, -0.1) is 0 Å². The monoisotopic (exact) mass is 205 g/mol. The van der Waals surface area contributed by atoms with Crippen molar-refractivity contribution in [3.63, 3.8) is 0 Å². The maximum atomic E-state index is 3.28. The highest BCUT2D eigenvalue weighted by atomic mass is 14.8. The highest BCUT2D eigenvalue weighted by Gasteiger charge is 2.43. The van der Waals surface area contributed by atoms with Gasteiger partial charge in [0.1, 0.15) is 0 Å². The Morgan fingerprint density at radius 1 is 1.13 bits per heavy atom. The molecule has 1 aromatic carbocycles. The summed E-state index contributed by atoms with van der Waals surface area (Å²) in [7, 11) is 2.04. The minimum Gasteiger partial charge on any atom is -0.319 e. The second-order valence-electron chi connectivity index (χ2n) is 4.18. The summed E-state index contributed by atoms with van der Waals surface area (Å²) in [5.41, 5.74) is 3.33. The summed E-state index contributed by atoms with van der Waals surface area (Å²) in [6.45, 7) is 7.26. The van der Waals surface area contributed by atoms with Gasteiger partial charge in [-0.2, -0.15) is 0 Å². The zero-order valence-corrected chi connectivity index (χ0v) is 10.4. The highest BCUT2D eigenvalue weighted by Crippen LogP contribution is 2.47. The third-order valence-electron chi connectivity index (χ3n) is 3.03. The van der Waals surface area contributed by atoms with Crippen LogP contribution in [0.4, 0.5) is 0 Å². The lowest BCUT2D eigenvalue weighted by atomic mass is 9.95. The molecule has 1 heteroatoms. The third kappa shape index (κ3) is 2.82. The quantitative estimate of drug-likeness (QED) is 0.798. The lowest BCUT2D eigenvalue weighted by molar-refractivity contribution is 0.624. The molecule has 1 aliphatic rings. The first kappa shape index (κ1) is 12.3. The summed E-state index contributed by atoms with van der Waals surface area (Å²) in [6.07, 6.45) is 2.69. The van der Waals surface area contributed by atoms with E-state index in [1.807, 2.05) is 20.9 Å². The van der Waals surface area contributed by atoms with Gasteiger partial charge in [-0.05, 0) is 32.4 Å². The molecule has 0 heterocycles. The second kappa shape index (κ2) is 5.32. The van der Waals surface area contributed by atoms with Gasteiger partial charge >= 0.3 is 0 Å². The van der Waals surface area contributed by atoms with Crippen LogP contribution < -0.4 is 5.32 Å². The van der Waals surface area contributed by atoms with Gasteiger partial charge in [-0.1, -0.05) is 43.7 Å². The van der Waals surface area contributed by atoms with E-state index in [1.54, 1.807) is 0 Å². The van der Waals surface area contributed by atoms with Crippen LogP contribution in [0, 0.1) is 6.92 Å². The Hall–Kier alpha value is -0.820. The summed E-state index contributed by atoms with van der Waals surface area (Å²) in [4.78, 5) is 0. The van der Waals surface area contributed by atoms with Gasteiger partial charge in [0.2, 0.25) is 0 Å². The van der Waals surface area contributed by atoms with Gasteiger partial charge in [-0.25, -0.2) is 0 Å². The second-order valence-corrected chi connectivity index (χ2v) is 4.18. The first-order chi connectivity index (χ1) is 7.27. The minimum absolute atomic E-state index is 0.475. The van der Waals surface area contributed by atoms with E-state index in [-0.39, 0.29) is 0 Å². The normalized spacial score (nSPS) is 16.5. The first-order valence-electron chi connectivity index (χ1n) is 5.99. The lowest BCUT2D eigenvalue weighted by Crippen LogP contribution is -2.23. The predicted molar refractivity (Wildman–Crippen MR) is 67.4 cm³/mol. The number of nitrogens with one attached hydrogen (secondary N) is 1. The molecular weight excluding hydrogens is 182 g/mol. The molecule has 1 fully saturated rings. The van der Waals surface area contributed by atoms with E-state index in [0.29, 0.717) is 5.41 Å². The summed E-state index contributed by atoms with van der Waals surface area (Å²) in [6, 6.07) is 8.98. The van der Waals surface area contributed by atoms with E-state index in [0.717, 1.165) is 6.54 Å². The van der Waals surface area contributed by atoms with E-state index in [2.05, 4.69) is 36.5 Å². The fourth-order valence-corrected chi connectivity index (χ4v) is 1.96. The van der Waals surface area contributed by atoms with Crippen molar-refractivity contribution in [1.82, 2.24) is 5.32 Å². The molecule has 84 valence electrons. The summed E-state index contributed by atoms with van der Waals surface area (Å²) >= 11 is 0. The molecule has 1 aromatic rings. The van der Waals surface area contributed by atoms with E-state index in [9.17, 15) is 0 Å². The first-order valence-corrected chi connectivity index (χ1v) is 5.99. The number of hydrogen-bond donors (Lipinski definition) is 1. The topological polar surface area (TPSA) is 12.0 Å². The molecule has 0 amide bonds. The Morgan fingerprint density at radius 3 is 2.07 bits per heavy atom. The maximum Gasteiger partial charge on any atom is 0.00783 e. The van der Waals surface area contributed by atoms with Crippen LogP contribution in [-0.4, -0.2) is 13.6 Å². The largest absolute Gasteiger partial charge is 0.319 e. The van der Waals surface area contributed by atoms with Crippen LogP contribution in [0.5, 0.6) is 0 Å². The number of hydrogen-bond acceptors (Lipinski definition) is 1. The van der Waals surface area contributed by atoms with Crippen LogP contribution in [0.15, 0.2) is 24.3 Å². The van der Waals surface area contributed by atoms with Crippen molar-refractivity contribution >= 4 is 0 Å². The molecule has 0 bridgehead atoms.